The third kappa shape index (κ3) is 3.13. The average Bonchev–Trinajstić information content (AvgIpc) is 3.12. The number of alkyl halides is 3. The molecule has 0 bridgehead atoms. The molecule has 26 heavy (non-hydrogen) atoms. The number of anilines is 1. The normalized spacial score (nSPS) is 18.5. The van der Waals surface area contributed by atoms with E-state index in [1.54, 1.807) is 0 Å². The molecule has 4 rings (SSSR count). The molecule has 0 radical (unpaired) electrons. The molecule has 1 saturated heterocycles. The molecule has 1 aromatic carbocycles. The number of aromatic nitrogens is 3. The van der Waals surface area contributed by atoms with Gasteiger partial charge in [0, 0.05) is 24.7 Å². The molecular weight excluding hydrogens is 341 g/mol. The highest BCUT2D eigenvalue weighted by Gasteiger charge is 2.34. The van der Waals surface area contributed by atoms with Gasteiger partial charge >= 0.3 is 6.18 Å². The Bertz CT molecular complexity index is 932. The number of hydrogen-bond donors (Lipinski definition) is 0. The van der Waals surface area contributed by atoms with Crippen LogP contribution in [0.15, 0.2) is 42.6 Å². The van der Waals surface area contributed by atoms with Gasteiger partial charge in [-0.05, 0) is 43.5 Å². The average molecular weight is 360 g/mol. The van der Waals surface area contributed by atoms with Crippen LogP contribution in [0.5, 0.6) is 0 Å². The van der Waals surface area contributed by atoms with Crippen LogP contribution in [0.4, 0.5) is 19.0 Å². The number of halogens is 3. The molecule has 0 spiro atoms. The molecule has 3 heterocycles. The third-order valence-corrected chi connectivity index (χ3v) is 4.86. The Morgan fingerprint density at radius 2 is 1.96 bits per heavy atom. The van der Waals surface area contributed by atoms with E-state index in [2.05, 4.69) is 16.1 Å². The zero-order valence-electron chi connectivity index (χ0n) is 14.4. The second-order valence-corrected chi connectivity index (χ2v) is 6.74. The Hall–Kier alpha value is -2.57. The van der Waals surface area contributed by atoms with Crippen LogP contribution < -0.4 is 4.90 Å². The van der Waals surface area contributed by atoms with Crippen LogP contribution in [-0.2, 0) is 6.18 Å². The van der Waals surface area contributed by atoms with Crippen LogP contribution in [0.3, 0.4) is 0 Å². The first-order valence-corrected chi connectivity index (χ1v) is 8.65. The molecule has 136 valence electrons. The predicted molar refractivity (Wildman–Crippen MR) is 94.2 cm³/mol. The number of rotatable bonds is 2. The number of piperidine rings is 1. The van der Waals surface area contributed by atoms with Crippen molar-refractivity contribution in [1.82, 2.24) is 14.8 Å². The largest absolute Gasteiger partial charge is 0.435 e. The summed E-state index contributed by atoms with van der Waals surface area (Å²) >= 11 is 0. The van der Waals surface area contributed by atoms with Crippen LogP contribution >= 0.6 is 0 Å². The van der Waals surface area contributed by atoms with Crippen LogP contribution in [0, 0.1) is 6.92 Å². The van der Waals surface area contributed by atoms with Gasteiger partial charge < -0.3 is 4.90 Å². The molecule has 0 aliphatic carbocycles. The number of benzene rings is 1. The van der Waals surface area contributed by atoms with Crippen molar-refractivity contribution >= 4 is 16.7 Å². The number of fused-ring (bicyclic) bond motifs is 1. The minimum atomic E-state index is -4.41. The van der Waals surface area contributed by atoms with Crippen molar-refractivity contribution in [2.45, 2.75) is 32.0 Å². The summed E-state index contributed by atoms with van der Waals surface area (Å²) in [5.41, 5.74) is 1.16. The van der Waals surface area contributed by atoms with Crippen molar-refractivity contribution in [3.8, 4) is 0 Å². The number of pyridine rings is 1. The molecule has 1 aliphatic rings. The van der Waals surface area contributed by atoms with Crippen molar-refractivity contribution in [3.63, 3.8) is 0 Å². The lowest BCUT2D eigenvalue weighted by molar-refractivity contribution is -0.141. The summed E-state index contributed by atoms with van der Waals surface area (Å²) < 4.78 is 39.9. The summed E-state index contributed by atoms with van der Waals surface area (Å²) in [6.07, 6.45) is -1.28. The minimum Gasteiger partial charge on any atom is -0.354 e. The lowest BCUT2D eigenvalue weighted by atomic mass is 10.0. The highest BCUT2D eigenvalue weighted by atomic mass is 19.4. The van der Waals surface area contributed by atoms with E-state index in [0.717, 1.165) is 47.7 Å². The highest BCUT2D eigenvalue weighted by Crippen LogP contribution is 2.31. The van der Waals surface area contributed by atoms with Gasteiger partial charge in [-0.1, -0.05) is 18.2 Å². The molecule has 1 fully saturated rings. The molecule has 1 atom stereocenters. The Balaban J connectivity index is 1.61. The molecule has 2 aromatic heterocycles. The van der Waals surface area contributed by atoms with Crippen LogP contribution in [0.2, 0.25) is 0 Å². The minimum absolute atomic E-state index is 0.0903. The second-order valence-electron chi connectivity index (χ2n) is 6.74. The Labute approximate surface area is 149 Å². The van der Waals surface area contributed by atoms with Gasteiger partial charge in [-0.15, -0.1) is 0 Å². The van der Waals surface area contributed by atoms with Gasteiger partial charge in [-0.3, -0.25) is 4.68 Å². The quantitative estimate of drug-likeness (QED) is 0.670. The van der Waals surface area contributed by atoms with Gasteiger partial charge in [0.25, 0.3) is 0 Å². The van der Waals surface area contributed by atoms with E-state index in [1.165, 1.54) is 10.9 Å². The molecule has 3 aromatic rings. The van der Waals surface area contributed by atoms with Gasteiger partial charge in [-0.25, -0.2) is 4.98 Å². The number of para-hydroxylation sites is 1. The summed E-state index contributed by atoms with van der Waals surface area (Å²) in [5, 5.41) is 4.84. The van der Waals surface area contributed by atoms with Gasteiger partial charge in [0.2, 0.25) is 0 Å². The lowest BCUT2D eigenvalue weighted by Gasteiger charge is -2.34. The van der Waals surface area contributed by atoms with Crippen molar-refractivity contribution in [2.75, 3.05) is 18.0 Å². The maximum atomic E-state index is 12.8. The summed E-state index contributed by atoms with van der Waals surface area (Å²) in [7, 11) is 0. The van der Waals surface area contributed by atoms with E-state index in [9.17, 15) is 13.2 Å². The summed E-state index contributed by atoms with van der Waals surface area (Å²) in [6, 6.07) is 11.0. The Kier molecular flexibility index (Phi) is 4.09. The van der Waals surface area contributed by atoms with Gasteiger partial charge in [0.05, 0.1) is 11.6 Å². The zero-order chi connectivity index (χ0) is 18.3. The van der Waals surface area contributed by atoms with Crippen molar-refractivity contribution in [2.24, 2.45) is 0 Å². The van der Waals surface area contributed by atoms with Gasteiger partial charge in [-0.2, -0.15) is 18.3 Å². The van der Waals surface area contributed by atoms with Crippen molar-refractivity contribution in [3.05, 3.63) is 53.9 Å². The lowest BCUT2D eigenvalue weighted by Crippen LogP contribution is -2.37. The summed E-state index contributed by atoms with van der Waals surface area (Å²) in [4.78, 5) is 6.94. The predicted octanol–water partition coefficient (Wildman–Crippen LogP) is 4.60. The summed E-state index contributed by atoms with van der Waals surface area (Å²) in [6.45, 7) is 3.47. The van der Waals surface area contributed by atoms with Crippen molar-refractivity contribution < 1.29 is 13.2 Å². The first kappa shape index (κ1) is 16.9. The fourth-order valence-electron chi connectivity index (χ4n) is 3.59. The van der Waals surface area contributed by atoms with E-state index in [-0.39, 0.29) is 6.04 Å². The smallest absolute Gasteiger partial charge is 0.354 e. The van der Waals surface area contributed by atoms with E-state index in [4.69, 9.17) is 4.98 Å². The molecule has 1 unspecified atom stereocenters. The third-order valence-electron chi connectivity index (χ3n) is 4.86. The van der Waals surface area contributed by atoms with E-state index in [1.807, 2.05) is 31.2 Å². The molecule has 1 aliphatic heterocycles. The number of nitrogens with zero attached hydrogens (tertiary/aromatic N) is 4. The first-order valence-electron chi connectivity index (χ1n) is 8.65. The topological polar surface area (TPSA) is 34.0 Å². The van der Waals surface area contributed by atoms with Gasteiger partial charge in [0.15, 0.2) is 5.69 Å². The molecule has 7 heteroatoms. The summed E-state index contributed by atoms with van der Waals surface area (Å²) in [5.74, 6) is 0.900. The molecule has 4 nitrogen and oxygen atoms in total. The fraction of sp³-hybridized carbons (Fsp3) is 0.368. The second kappa shape index (κ2) is 6.30. The fourth-order valence-corrected chi connectivity index (χ4v) is 3.59. The van der Waals surface area contributed by atoms with Crippen molar-refractivity contribution in [1.29, 1.82) is 0 Å². The Morgan fingerprint density at radius 1 is 1.15 bits per heavy atom. The SMILES string of the molecule is Cc1cc2ccccc2nc1N1CCCC(n2ccc(C(F)(F)F)n2)C1. The molecule has 0 N–H and O–H groups in total. The van der Waals surface area contributed by atoms with Gasteiger partial charge in [0.1, 0.15) is 5.82 Å². The van der Waals surface area contributed by atoms with Crippen LogP contribution in [0.25, 0.3) is 10.9 Å². The number of hydrogen-bond acceptors (Lipinski definition) is 3. The molecular formula is C19H19F3N4. The van der Waals surface area contributed by atoms with E-state index in [0.29, 0.717) is 6.54 Å². The maximum Gasteiger partial charge on any atom is 0.435 e. The standard InChI is InChI=1S/C19H19F3N4/c1-13-11-14-5-2-3-7-16(14)23-18(13)25-9-4-6-15(12-25)26-10-8-17(24-26)19(20,21)22/h2-3,5,7-8,10-11,15H,4,6,9,12H2,1H3. The van der Waals surface area contributed by atoms with E-state index >= 15 is 0 Å². The maximum absolute atomic E-state index is 12.8. The van der Waals surface area contributed by atoms with Crippen LogP contribution in [-0.4, -0.2) is 27.9 Å². The first-order chi connectivity index (χ1) is 12.4. The molecule has 0 amide bonds. The van der Waals surface area contributed by atoms with E-state index < -0.39 is 11.9 Å². The van der Waals surface area contributed by atoms with Crippen LogP contribution in [0.1, 0.15) is 30.1 Å². The highest BCUT2D eigenvalue weighted by molar-refractivity contribution is 5.81. The monoisotopic (exact) mass is 360 g/mol. The molecule has 0 saturated carbocycles. The Morgan fingerprint density at radius 3 is 2.73 bits per heavy atom. The number of aryl methyl sites for hydroxylation is 1. The zero-order valence-corrected chi connectivity index (χ0v) is 14.4.